The fourth-order valence-electron chi connectivity index (χ4n) is 4.83. The first-order valence-electron chi connectivity index (χ1n) is 12.1. The van der Waals surface area contributed by atoms with Crippen LogP contribution in [0.2, 0.25) is 5.02 Å². The summed E-state index contributed by atoms with van der Waals surface area (Å²) in [5, 5.41) is 7.04. The van der Waals surface area contributed by atoms with E-state index < -0.39 is 0 Å². The number of carbonyl (C=O) groups excluding carboxylic acids is 1. The van der Waals surface area contributed by atoms with Gasteiger partial charge in [0.2, 0.25) is 6.79 Å². The van der Waals surface area contributed by atoms with Crippen molar-refractivity contribution in [1.29, 1.82) is 0 Å². The Labute approximate surface area is 215 Å². The average Bonchev–Trinajstić information content (AvgIpc) is 3.47. The Morgan fingerprint density at radius 1 is 0.972 bits per heavy atom. The first-order chi connectivity index (χ1) is 17.5. The predicted molar refractivity (Wildman–Crippen MR) is 142 cm³/mol. The Hall–Kier alpha value is -3.52. The van der Waals surface area contributed by atoms with Crippen LogP contribution in [0.4, 0.5) is 11.4 Å². The first-order valence-corrected chi connectivity index (χ1v) is 12.4. The van der Waals surface area contributed by atoms with E-state index in [2.05, 4.69) is 51.7 Å². The van der Waals surface area contributed by atoms with E-state index in [1.807, 2.05) is 24.3 Å². The number of nitrogens with zero attached hydrogens (tertiary/aromatic N) is 2. The van der Waals surface area contributed by atoms with Gasteiger partial charge in [0.15, 0.2) is 11.5 Å². The predicted octanol–water partition coefficient (Wildman–Crippen LogP) is 4.75. The zero-order valence-corrected chi connectivity index (χ0v) is 20.8. The molecule has 1 saturated heterocycles. The molecular formula is C28H27ClN4O3. The highest BCUT2D eigenvalue weighted by Crippen LogP contribution is 2.41. The normalized spacial score (nSPS) is 18.7. The smallest absolute Gasteiger partial charge is 0.258 e. The lowest BCUT2D eigenvalue weighted by atomic mass is 9.99. The molecule has 0 aliphatic carbocycles. The van der Waals surface area contributed by atoms with Crippen molar-refractivity contribution < 1.29 is 14.3 Å². The minimum atomic E-state index is -0.181. The molecule has 6 rings (SSSR count). The van der Waals surface area contributed by atoms with Gasteiger partial charge in [-0.3, -0.25) is 9.69 Å². The Morgan fingerprint density at radius 3 is 2.56 bits per heavy atom. The van der Waals surface area contributed by atoms with Crippen LogP contribution in [0.5, 0.6) is 11.5 Å². The highest BCUT2D eigenvalue weighted by Gasteiger charge is 2.29. The van der Waals surface area contributed by atoms with Gasteiger partial charge in [-0.2, -0.15) is 0 Å². The van der Waals surface area contributed by atoms with Crippen LogP contribution in [0.25, 0.3) is 11.3 Å². The van der Waals surface area contributed by atoms with Gasteiger partial charge in [-0.1, -0.05) is 29.8 Å². The molecule has 0 unspecified atom stereocenters. The van der Waals surface area contributed by atoms with Gasteiger partial charge in [-0.15, -0.1) is 0 Å². The second-order valence-corrected chi connectivity index (χ2v) is 9.80. The summed E-state index contributed by atoms with van der Waals surface area (Å²) in [7, 11) is 2.17. The number of benzene rings is 3. The quantitative estimate of drug-likeness (QED) is 0.491. The number of ether oxygens (including phenoxy) is 2. The van der Waals surface area contributed by atoms with Gasteiger partial charge in [-0.05, 0) is 55.1 Å². The zero-order valence-electron chi connectivity index (χ0n) is 20.0. The molecule has 3 heterocycles. The first kappa shape index (κ1) is 22.9. The Morgan fingerprint density at radius 2 is 1.75 bits per heavy atom. The van der Waals surface area contributed by atoms with Crippen LogP contribution in [0, 0.1) is 0 Å². The molecule has 3 aliphatic heterocycles. The number of fused-ring (bicyclic) bond motifs is 2. The van der Waals surface area contributed by atoms with Crippen molar-refractivity contribution in [3.8, 4) is 11.5 Å². The van der Waals surface area contributed by atoms with Crippen molar-refractivity contribution in [2.24, 2.45) is 0 Å². The molecule has 0 spiro atoms. The summed E-state index contributed by atoms with van der Waals surface area (Å²) in [5.41, 5.74) is 5.74. The maximum atomic E-state index is 13.2. The summed E-state index contributed by atoms with van der Waals surface area (Å²) >= 11 is 6.18. The molecule has 1 amide bonds. The van der Waals surface area contributed by atoms with Gasteiger partial charge in [0.05, 0.1) is 17.0 Å². The van der Waals surface area contributed by atoms with E-state index in [1.54, 1.807) is 12.1 Å². The average molecular weight is 503 g/mol. The van der Waals surface area contributed by atoms with Gasteiger partial charge < -0.3 is 25.0 Å². The molecule has 2 N–H and O–H groups in total. The summed E-state index contributed by atoms with van der Waals surface area (Å²) in [6.45, 7) is 5.47. The number of nitrogens with one attached hydrogen (secondary N) is 2. The summed E-state index contributed by atoms with van der Waals surface area (Å²) in [4.78, 5) is 18.0. The summed E-state index contributed by atoms with van der Waals surface area (Å²) in [6.07, 6.45) is 0. The molecule has 1 fully saturated rings. The maximum Gasteiger partial charge on any atom is 0.258 e. The molecule has 3 aromatic carbocycles. The number of rotatable bonds is 5. The molecule has 184 valence electrons. The summed E-state index contributed by atoms with van der Waals surface area (Å²) in [6, 6.07) is 19.6. The lowest BCUT2D eigenvalue weighted by Crippen LogP contribution is -2.43. The Kier molecular flexibility index (Phi) is 6.05. The van der Waals surface area contributed by atoms with Crippen molar-refractivity contribution in [3.05, 3.63) is 82.4 Å². The number of hydrogen-bond donors (Lipinski definition) is 2. The van der Waals surface area contributed by atoms with E-state index in [0.29, 0.717) is 33.5 Å². The number of piperazine rings is 1. The number of amides is 1. The fourth-order valence-corrected chi connectivity index (χ4v) is 5.00. The van der Waals surface area contributed by atoms with Crippen molar-refractivity contribution >= 4 is 40.2 Å². The minimum Gasteiger partial charge on any atom is -0.454 e. The molecule has 0 radical (unpaired) electrons. The van der Waals surface area contributed by atoms with Gasteiger partial charge in [0.25, 0.3) is 5.91 Å². The fraction of sp³-hybridized carbons (Fsp3) is 0.250. The van der Waals surface area contributed by atoms with Crippen LogP contribution in [0.1, 0.15) is 16.7 Å². The second-order valence-electron chi connectivity index (χ2n) is 9.36. The largest absolute Gasteiger partial charge is 0.454 e. The van der Waals surface area contributed by atoms with E-state index in [4.69, 9.17) is 21.1 Å². The number of carbonyl (C=O) groups is 1. The van der Waals surface area contributed by atoms with Gasteiger partial charge >= 0.3 is 0 Å². The van der Waals surface area contributed by atoms with Crippen LogP contribution >= 0.6 is 11.6 Å². The molecule has 0 bridgehead atoms. The molecule has 3 aliphatic rings. The van der Waals surface area contributed by atoms with Crippen LogP contribution < -0.4 is 20.1 Å². The Bertz CT molecular complexity index is 1350. The van der Waals surface area contributed by atoms with Crippen LogP contribution in [0.15, 0.2) is 60.7 Å². The van der Waals surface area contributed by atoms with E-state index in [-0.39, 0.29) is 12.7 Å². The van der Waals surface area contributed by atoms with Crippen molar-refractivity contribution in [2.45, 2.75) is 6.54 Å². The third-order valence-corrected chi connectivity index (χ3v) is 7.10. The molecule has 8 heteroatoms. The number of likely N-dealkylation sites (N-methyl/N-ethyl adjacent to an activating group) is 1. The highest BCUT2D eigenvalue weighted by atomic mass is 35.5. The maximum absolute atomic E-state index is 13.2. The van der Waals surface area contributed by atoms with E-state index in [1.165, 1.54) is 5.56 Å². The lowest BCUT2D eigenvalue weighted by Gasteiger charge is -2.32. The van der Waals surface area contributed by atoms with Gasteiger partial charge in [0.1, 0.15) is 0 Å². The van der Waals surface area contributed by atoms with Crippen LogP contribution in [-0.4, -0.2) is 55.7 Å². The standard InChI is InChI=1S/C28H27ClN4O3/c1-32-10-12-33(13-11-32)16-18-2-6-21(7-3-18)30-27(19-4-9-24-25(14-19)36-17-35-24)26-22-8-5-20(29)15-23(22)31-28(26)34/h2-9,14-15,30H,10-13,16-17H2,1H3,(H,31,34). The topological polar surface area (TPSA) is 66.1 Å². The van der Waals surface area contributed by atoms with E-state index >= 15 is 0 Å². The van der Waals surface area contributed by atoms with E-state index in [9.17, 15) is 4.79 Å². The van der Waals surface area contributed by atoms with Crippen LogP contribution in [-0.2, 0) is 11.3 Å². The van der Waals surface area contributed by atoms with Crippen LogP contribution in [0.3, 0.4) is 0 Å². The van der Waals surface area contributed by atoms with Gasteiger partial charge in [-0.25, -0.2) is 0 Å². The van der Waals surface area contributed by atoms with Crippen molar-refractivity contribution in [1.82, 2.24) is 9.80 Å². The van der Waals surface area contributed by atoms with E-state index in [0.717, 1.165) is 49.5 Å². The molecule has 7 nitrogen and oxygen atoms in total. The summed E-state index contributed by atoms with van der Waals surface area (Å²) in [5.74, 6) is 1.17. The molecule has 0 atom stereocenters. The minimum absolute atomic E-state index is 0.181. The third-order valence-electron chi connectivity index (χ3n) is 6.86. The van der Waals surface area contributed by atoms with Gasteiger partial charge in [0, 0.05) is 54.6 Å². The van der Waals surface area contributed by atoms with Crippen molar-refractivity contribution in [3.63, 3.8) is 0 Å². The number of hydrogen-bond acceptors (Lipinski definition) is 6. The number of halogens is 1. The summed E-state index contributed by atoms with van der Waals surface area (Å²) < 4.78 is 11.1. The highest BCUT2D eigenvalue weighted by molar-refractivity contribution is 6.38. The second kappa shape index (κ2) is 9.50. The SMILES string of the molecule is CN1CCN(Cc2ccc(NC(=C3C(=O)Nc4cc(Cl)ccc43)c3ccc4c(c3)OCO4)cc2)CC1. The molecule has 0 saturated carbocycles. The Balaban J connectivity index is 1.33. The lowest BCUT2D eigenvalue weighted by molar-refractivity contribution is -0.110. The number of anilines is 2. The molecular weight excluding hydrogens is 476 g/mol. The third kappa shape index (κ3) is 4.53. The molecule has 3 aromatic rings. The monoisotopic (exact) mass is 502 g/mol. The van der Waals surface area contributed by atoms with Crippen molar-refractivity contribution in [2.75, 3.05) is 50.7 Å². The molecule has 36 heavy (non-hydrogen) atoms. The molecule has 0 aromatic heterocycles. The zero-order chi connectivity index (χ0) is 24.6.